The number of nitrogens with one attached hydrogen (secondary N) is 2. The molecule has 0 radical (unpaired) electrons. The molecule has 1 fully saturated rings. The Hall–Kier alpha value is -4.41. The number of hydrogen-bond donors (Lipinski definition) is 4. The second kappa shape index (κ2) is 24.8. The van der Waals surface area contributed by atoms with E-state index in [0.29, 0.717) is 102 Å². The Kier molecular flexibility index (Phi) is 19.0. The molecule has 0 bridgehead atoms. The highest BCUT2D eigenvalue weighted by Crippen LogP contribution is 2.39. The smallest absolute Gasteiger partial charge is 0.317 e. The number of phosphoric acid groups is 1. The number of phosphoric ester groups is 1. The summed E-state index contributed by atoms with van der Waals surface area (Å²) in [5, 5.41) is 18.2. The van der Waals surface area contributed by atoms with Gasteiger partial charge >= 0.3 is 7.82 Å². The lowest BCUT2D eigenvalue weighted by Crippen LogP contribution is -2.55. The molecule has 5 aromatic rings. The number of morpholine rings is 1. The third-order valence-electron chi connectivity index (χ3n) is 11.3. The molecular formula is C47H60ClFN5O9P. The van der Waals surface area contributed by atoms with Crippen molar-refractivity contribution in [3.8, 4) is 17.2 Å². The van der Waals surface area contributed by atoms with Gasteiger partial charge in [0, 0.05) is 48.9 Å². The zero-order chi connectivity index (χ0) is 45.2. The van der Waals surface area contributed by atoms with Crippen molar-refractivity contribution in [3.63, 3.8) is 0 Å². The van der Waals surface area contributed by atoms with E-state index in [0.717, 1.165) is 64.7 Å². The van der Waals surface area contributed by atoms with Crippen LogP contribution in [0.15, 0.2) is 85.2 Å². The number of fused-ring (bicyclic) bond motifs is 1. The Labute approximate surface area is 379 Å². The monoisotopic (exact) mass is 923 g/mol. The van der Waals surface area contributed by atoms with Gasteiger partial charge in [0.2, 0.25) is 0 Å². The zero-order valence-electron chi connectivity index (χ0n) is 36.4. The van der Waals surface area contributed by atoms with Crippen LogP contribution in [-0.2, 0) is 27.0 Å². The fourth-order valence-corrected chi connectivity index (χ4v) is 8.44. The summed E-state index contributed by atoms with van der Waals surface area (Å²) < 4.78 is 55.0. The molecule has 346 valence electrons. The summed E-state index contributed by atoms with van der Waals surface area (Å²) in [6, 6.07) is 23.4. The summed E-state index contributed by atoms with van der Waals surface area (Å²) in [6.45, 7) is 6.26. The van der Waals surface area contributed by atoms with Gasteiger partial charge in [0.15, 0.2) is 11.5 Å². The molecule has 0 saturated carbocycles. The van der Waals surface area contributed by atoms with E-state index >= 15 is 0 Å². The van der Waals surface area contributed by atoms with Crippen molar-refractivity contribution in [3.05, 3.63) is 113 Å². The van der Waals surface area contributed by atoms with Gasteiger partial charge in [-0.1, -0.05) is 60.8 Å². The minimum atomic E-state index is -5.17. The number of rotatable bonds is 27. The van der Waals surface area contributed by atoms with E-state index in [2.05, 4.69) is 44.9 Å². The predicted molar refractivity (Wildman–Crippen MR) is 244 cm³/mol. The molecule has 64 heavy (non-hydrogen) atoms. The van der Waals surface area contributed by atoms with Gasteiger partial charge < -0.3 is 53.5 Å². The number of aliphatic hydroxyl groups is 1. The maximum absolute atomic E-state index is 13.8. The highest BCUT2D eigenvalue weighted by molar-refractivity contribution is 7.45. The lowest BCUT2D eigenvalue weighted by atomic mass is 10.0. The fraction of sp³-hybridized carbons (Fsp3) is 0.447. The topological polar surface area (TPSA) is 177 Å². The normalized spacial score (nSPS) is 15.1. The number of hydrogen-bond acceptors (Lipinski definition) is 12. The van der Waals surface area contributed by atoms with Crippen LogP contribution in [0.2, 0.25) is 5.02 Å². The van der Waals surface area contributed by atoms with Crippen LogP contribution >= 0.6 is 19.4 Å². The number of benzene rings is 4. The minimum absolute atomic E-state index is 0.0213. The van der Waals surface area contributed by atoms with Crippen LogP contribution in [0, 0.1) is 5.82 Å². The van der Waals surface area contributed by atoms with E-state index < -0.39 is 19.7 Å². The number of aryl methyl sites for hydroxylation is 1. The summed E-state index contributed by atoms with van der Waals surface area (Å²) >= 11 is 6.00. The van der Waals surface area contributed by atoms with Crippen molar-refractivity contribution in [1.82, 2.24) is 15.3 Å². The molecule has 0 spiro atoms. The SMILES string of the molecule is COc1cc2ncnc(Nc3ccc(F)c(Cl)c3)c2cc1OCCC[N+]1(Cc2ccc(C(O)CNCCCCCCOCCCCc3ccccc3)cc2OP(=O)([O-])O)CCOCC1. The molecule has 1 aliphatic rings. The number of nitrogens with zero attached hydrogens (tertiary/aromatic N) is 3. The standard InChI is InChI=1S/C47H60ClFN5O9P/c1-59-45-31-42-39(47(52-34-51-42)53-38-17-18-41(49)40(48)29-38)30-46(45)62-25-11-20-54(21-26-61-27-22-54)33-37-16-15-36(28-44(37)63-64(56,57)58)43(55)32-50-19-8-2-3-9-23-60-24-10-7-14-35-12-5-4-6-13-35/h4-6,12-13,15-18,28-31,34,43,50,55H,2-3,7-11,14,19-27,32-33H2,1H3,(H2-,51,52,53,56,57,58). The number of halogens is 2. The van der Waals surface area contributed by atoms with Gasteiger partial charge in [0.25, 0.3) is 0 Å². The maximum atomic E-state index is 13.8. The van der Waals surface area contributed by atoms with Gasteiger partial charge in [0.1, 0.15) is 43.3 Å². The molecule has 1 aromatic heterocycles. The summed E-state index contributed by atoms with van der Waals surface area (Å²) in [7, 11) is -3.62. The van der Waals surface area contributed by atoms with Gasteiger partial charge in [-0.25, -0.2) is 14.4 Å². The Bertz CT molecular complexity index is 2270. The van der Waals surface area contributed by atoms with E-state index in [4.69, 9.17) is 35.1 Å². The first-order chi connectivity index (χ1) is 31.0. The molecule has 1 aliphatic heterocycles. The molecule has 6 rings (SSSR count). The molecule has 0 aliphatic carbocycles. The maximum Gasteiger partial charge on any atom is 0.317 e. The average Bonchev–Trinajstić information content (AvgIpc) is 3.28. The summed E-state index contributed by atoms with van der Waals surface area (Å²) in [6.07, 6.45) is 8.45. The lowest BCUT2D eigenvalue weighted by molar-refractivity contribution is -0.947. The van der Waals surface area contributed by atoms with Crippen molar-refractivity contribution < 1.29 is 51.8 Å². The number of quaternary nitrogens is 1. The summed E-state index contributed by atoms with van der Waals surface area (Å²) in [4.78, 5) is 30.6. The van der Waals surface area contributed by atoms with Gasteiger partial charge in [-0.2, -0.15) is 0 Å². The fourth-order valence-electron chi connectivity index (χ4n) is 7.84. The lowest BCUT2D eigenvalue weighted by Gasteiger charge is -2.42. The average molecular weight is 924 g/mol. The number of aliphatic hydroxyl groups excluding tert-OH is 1. The van der Waals surface area contributed by atoms with Crippen LogP contribution in [0.5, 0.6) is 17.2 Å². The van der Waals surface area contributed by atoms with Crippen molar-refractivity contribution in [2.45, 2.75) is 64.0 Å². The molecule has 14 nitrogen and oxygen atoms in total. The van der Waals surface area contributed by atoms with E-state index in [9.17, 15) is 23.8 Å². The van der Waals surface area contributed by atoms with Gasteiger partial charge in [0.05, 0.1) is 50.1 Å². The van der Waals surface area contributed by atoms with Crippen LogP contribution in [0.4, 0.5) is 15.9 Å². The quantitative estimate of drug-likeness (QED) is 0.0226. The molecule has 4 N–H and O–H groups in total. The van der Waals surface area contributed by atoms with E-state index in [1.54, 1.807) is 37.4 Å². The first-order valence-electron chi connectivity index (χ1n) is 22.0. The van der Waals surface area contributed by atoms with Crippen molar-refractivity contribution in [1.29, 1.82) is 0 Å². The minimum Gasteiger partial charge on any atom is -0.746 e. The van der Waals surface area contributed by atoms with Gasteiger partial charge in [-0.3, -0.25) is 4.57 Å². The molecule has 1 saturated heterocycles. The Balaban J connectivity index is 0.985. The number of unbranched alkanes of at least 4 members (excludes halogenated alkanes) is 4. The highest BCUT2D eigenvalue weighted by atomic mass is 35.5. The van der Waals surface area contributed by atoms with Gasteiger partial charge in [-0.05, 0) is 86.2 Å². The summed E-state index contributed by atoms with van der Waals surface area (Å²) in [5.74, 6) is 0.890. The van der Waals surface area contributed by atoms with Gasteiger partial charge in [-0.15, -0.1) is 0 Å². The number of methoxy groups -OCH3 is 1. The van der Waals surface area contributed by atoms with Crippen LogP contribution in [-0.4, -0.2) is 97.3 Å². The molecule has 2 atom stereocenters. The third-order valence-corrected chi connectivity index (χ3v) is 12.0. The molecule has 0 amide bonds. The number of ether oxygens (including phenoxy) is 4. The van der Waals surface area contributed by atoms with Crippen molar-refractivity contribution in [2.75, 3.05) is 78.2 Å². The highest BCUT2D eigenvalue weighted by Gasteiger charge is 2.32. The summed E-state index contributed by atoms with van der Waals surface area (Å²) in [5.41, 5.74) is 3.57. The van der Waals surface area contributed by atoms with Crippen molar-refractivity contribution >= 4 is 41.8 Å². The molecule has 4 aromatic carbocycles. The van der Waals surface area contributed by atoms with E-state index in [1.807, 2.05) is 6.07 Å². The molecular weight excluding hydrogens is 864 g/mol. The molecule has 2 heterocycles. The molecule has 2 unspecified atom stereocenters. The van der Waals surface area contributed by atoms with Crippen LogP contribution < -0.4 is 29.5 Å². The zero-order valence-corrected chi connectivity index (χ0v) is 38.0. The first kappa shape index (κ1) is 49.0. The Morgan fingerprint density at radius 2 is 1.69 bits per heavy atom. The largest absolute Gasteiger partial charge is 0.746 e. The third kappa shape index (κ3) is 15.4. The molecule has 17 heteroatoms. The Morgan fingerprint density at radius 3 is 2.45 bits per heavy atom. The van der Waals surface area contributed by atoms with E-state index in [1.165, 1.54) is 30.1 Å². The van der Waals surface area contributed by atoms with Crippen LogP contribution in [0.25, 0.3) is 10.9 Å². The second-order valence-electron chi connectivity index (χ2n) is 16.1. The van der Waals surface area contributed by atoms with E-state index in [-0.39, 0.29) is 17.3 Å². The first-order valence-corrected chi connectivity index (χ1v) is 23.9. The predicted octanol–water partition coefficient (Wildman–Crippen LogP) is 8.05. The second-order valence-corrected chi connectivity index (χ2v) is 17.6. The van der Waals surface area contributed by atoms with Crippen molar-refractivity contribution in [2.24, 2.45) is 0 Å². The number of aromatic nitrogens is 2. The van der Waals surface area contributed by atoms with Crippen LogP contribution in [0.3, 0.4) is 0 Å². The number of anilines is 2. The van der Waals surface area contributed by atoms with Crippen LogP contribution in [0.1, 0.15) is 67.7 Å². The Morgan fingerprint density at radius 1 is 0.906 bits per heavy atom.